The lowest BCUT2D eigenvalue weighted by Crippen LogP contribution is -2.01. The van der Waals surface area contributed by atoms with Crippen molar-refractivity contribution in [2.24, 2.45) is 0 Å². The third-order valence-electron chi connectivity index (χ3n) is 2.82. The van der Waals surface area contributed by atoms with Crippen LogP contribution in [0.5, 0.6) is 5.75 Å². The molecule has 0 saturated heterocycles. The number of halogens is 1. The van der Waals surface area contributed by atoms with Gasteiger partial charge in [0.1, 0.15) is 16.4 Å². The normalized spacial score (nSPS) is 10.6. The Kier molecular flexibility index (Phi) is 5.27. The molecule has 1 heterocycles. The minimum absolute atomic E-state index is 0.308. The van der Waals surface area contributed by atoms with Crippen LogP contribution in [-0.2, 0) is 12.8 Å². The number of ether oxygens (including phenoxy) is 1. The minimum atomic E-state index is -0.929. The molecule has 1 N–H and O–H groups in total. The van der Waals surface area contributed by atoms with Crippen molar-refractivity contribution in [2.45, 2.75) is 26.2 Å². The first-order valence-electron chi connectivity index (χ1n) is 6.70. The van der Waals surface area contributed by atoms with Gasteiger partial charge in [-0.3, -0.25) is 0 Å². The summed E-state index contributed by atoms with van der Waals surface area (Å²) in [6, 6.07) is 5.78. The van der Waals surface area contributed by atoms with Crippen molar-refractivity contribution >= 4 is 17.3 Å². The lowest BCUT2D eigenvalue weighted by Gasteiger charge is -2.04. The molecule has 0 fully saturated rings. The molecule has 0 unspecified atom stereocenters. The van der Waals surface area contributed by atoms with Crippen molar-refractivity contribution in [2.75, 3.05) is 6.61 Å². The van der Waals surface area contributed by atoms with Gasteiger partial charge in [-0.1, -0.05) is 13.3 Å². The molecule has 0 saturated carbocycles. The first-order valence-corrected chi connectivity index (χ1v) is 7.52. The van der Waals surface area contributed by atoms with Gasteiger partial charge in [-0.2, -0.15) is 0 Å². The van der Waals surface area contributed by atoms with E-state index in [-0.39, 0.29) is 5.82 Å². The van der Waals surface area contributed by atoms with E-state index in [1.165, 1.54) is 23.5 Å². The molecule has 1 aromatic carbocycles. The molecule has 0 aliphatic rings. The minimum Gasteiger partial charge on any atom is -0.493 e. The third-order valence-corrected chi connectivity index (χ3v) is 3.97. The highest BCUT2D eigenvalue weighted by atomic mass is 32.1. The Bertz CT molecular complexity index is 610. The summed E-state index contributed by atoms with van der Waals surface area (Å²) in [5.41, 5.74) is 0.645. The van der Waals surface area contributed by atoms with Gasteiger partial charge >= 0.3 is 5.97 Å². The van der Waals surface area contributed by atoms with E-state index in [2.05, 4.69) is 4.98 Å². The lowest BCUT2D eigenvalue weighted by molar-refractivity contribution is 0.0700. The molecule has 0 aliphatic heterocycles. The number of aryl methyl sites for hydroxylation is 1. The molecule has 0 amide bonds. The average molecular weight is 309 g/mol. The Morgan fingerprint density at radius 3 is 2.67 bits per heavy atom. The van der Waals surface area contributed by atoms with E-state index >= 15 is 0 Å². The standard InChI is InChI=1S/C15H16FNO3S/c1-2-3-12-14(15(18)19)21-13(17-12)8-9-20-11-6-4-10(16)5-7-11/h4-7H,2-3,8-9H2,1H3,(H,18,19). The monoisotopic (exact) mass is 309 g/mol. The zero-order chi connectivity index (χ0) is 15.2. The van der Waals surface area contributed by atoms with Gasteiger partial charge in [-0.25, -0.2) is 14.2 Å². The number of hydrogen-bond donors (Lipinski definition) is 1. The molecule has 0 atom stereocenters. The fraction of sp³-hybridized carbons (Fsp3) is 0.333. The molecule has 0 aliphatic carbocycles. The van der Waals surface area contributed by atoms with Gasteiger partial charge in [-0.05, 0) is 30.7 Å². The van der Waals surface area contributed by atoms with Gasteiger partial charge in [0, 0.05) is 6.42 Å². The van der Waals surface area contributed by atoms with Gasteiger partial charge in [0.25, 0.3) is 0 Å². The molecular formula is C15H16FNO3S. The molecule has 0 radical (unpaired) electrons. The Labute approximate surface area is 126 Å². The van der Waals surface area contributed by atoms with Crippen LogP contribution in [0.3, 0.4) is 0 Å². The predicted octanol–water partition coefficient (Wildman–Crippen LogP) is 3.55. The number of rotatable bonds is 7. The van der Waals surface area contributed by atoms with Crippen LogP contribution in [0.1, 0.15) is 33.7 Å². The number of nitrogens with zero attached hydrogens (tertiary/aromatic N) is 1. The van der Waals surface area contributed by atoms with Gasteiger partial charge in [0.05, 0.1) is 17.3 Å². The number of carbonyl (C=O) groups is 1. The molecule has 21 heavy (non-hydrogen) atoms. The first-order chi connectivity index (χ1) is 10.1. The second-order valence-corrected chi connectivity index (χ2v) is 5.57. The number of benzene rings is 1. The quantitative estimate of drug-likeness (QED) is 0.849. The van der Waals surface area contributed by atoms with Crippen LogP contribution in [0.2, 0.25) is 0 Å². The van der Waals surface area contributed by atoms with E-state index in [0.29, 0.717) is 35.8 Å². The van der Waals surface area contributed by atoms with Gasteiger partial charge in [-0.15, -0.1) is 11.3 Å². The summed E-state index contributed by atoms with van der Waals surface area (Å²) in [6.07, 6.45) is 2.05. The average Bonchev–Trinajstić information content (AvgIpc) is 2.85. The highest BCUT2D eigenvalue weighted by molar-refractivity contribution is 7.13. The zero-order valence-corrected chi connectivity index (χ0v) is 12.5. The summed E-state index contributed by atoms with van der Waals surface area (Å²) in [5.74, 6) is -0.653. The molecule has 4 nitrogen and oxygen atoms in total. The molecule has 2 rings (SSSR count). The topological polar surface area (TPSA) is 59.4 Å². The number of aromatic nitrogens is 1. The van der Waals surface area contributed by atoms with Crippen molar-refractivity contribution in [3.05, 3.63) is 45.7 Å². The predicted molar refractivity (Wildman–Crippen MR) is 78.7 cm³/mol. The van der Waals surface area contributed by atoms with Gasteiger partial charge in [0.2, 0.25) is 0 Å². The number of aromatic carboxylic acids is 1. The van der Waals surface area contributed by atoms with Crippen molar-refractivity contribution in [1.82, 2.24) is 4.98 Å². The highest BCUT2D eigenvalue weighted by Crippen LogP contribution is 2.21. The molecular weight excluding hydrogens is 293 g/mol. The van der Waals surface area contributed by atoms with Crippen LogP contribution >= 0.6 is 11.3 Å². The number of carboxylic acids is 1. The Balaban J connectivity index is 1.95. The van der Waals surface area contributed by atoms with E-state index in [1.54, 1.807) is 12.1 Å². The van der Waals surface area contributed by atoms with E-state index in [0.717, 1.165) is 11.4 Å². The fourth-order valence-corrected chi connectivity index (χ4v) is 2.80. The highest BCUT2D eigenvalue weighted by Gasteiger charge is 2.16. The van der Waals surface area contributed by atoms with Gasteiger partial charge in [0.15, 0.2) is 0 Å². The van der Waals surface area contributed by atoms with E-state index in [1.807, 2.05) is 6.92 Å². The van der Waals surface area contributed by atoms with Crippen LogP contribution in [-0.4, -0.2) is 22.7 Å². The SMILES string of the molecule is CCCc1nc(CCOc2ccc(F)cc2)sc1C(=O)O. The maximum atomic E-state index is 12.7. The Morgan fingerprint density at radius 1 is 1.33 bits per heavy atom. The Morgan fingerprint density at radius 2 is 2.05 bits per heavy atom. The molecule has 0 spiro atoms. The van der Waals surface area contributed by atoms with Crippen LogP contribution in [0, 0.1) is 5.82 Å². The van der Waals surface area contributed by atoms with E-state index in [4.69, 9.17) is 9.84 Å². The molecule has 1 aromatic heterocycles. The lowest BCUT2D eigenvalue weighted by atomic mass is 10.2. The van der Waals surface area contributed by atoms with Crippen molar-refractivity contribution < 1.29 is 19.0 Å². The number of carboxylic acid groups (broad SMARTS) is 1. The zero-order valence-electron chi connectivity index (χ0n) is 11.6. The Hall–Kier alpha value is -1.95. The van der Waals surface area contributed by atoms with E-state index in [9.17, 15) is 9.18 Å². The summed E-state index contributed by atoms with van der Waals surface area (Å²) >= 11 is 1.19. The van der Waals surface area contributed by atoms with Crippen molar-refractivity contribution in [3.63, 3.8) is 0 Å². The maximum absolute atomic E-state index is 12.7. The second-order valence-electron chi connectivity index (χ2n) is 4.49. The third kappa shape index (κ3) is 4.26. The van der Waals surface area contributed by atoms with Crippen LogP contribution < -0.4 is 4.74 Å². The molecule has 112 valence electrons. The van der Waals surface area contributed by atoms with E-state index < -0.39 is 5.97 Å². The van der Waals surface area contributed by atoms with Crippen LogP contribution in [0.15, 0.2) is 24.3 Å². The smallest absolute Gasteiger partial charge is 0.347 e. The van der Waals surface area contributed by atoms with Gasteiger partial charge < -0.3 is 9.84 Å². The fourth-order valence-electron chi connectivity index (χ4n) is 1.87. The molecule has 6 heteroatoms. The van der Waals surface area contributed by atoms with Crippen molar-refractivity contribution in [3.8, 4) is 5.75 Å². The summed E-state index contributed by atoms with van der Waals surface area (Å²) in [6.45, 7) is 2.37. The molecule has 0 bridgehead atoms. The second kappa shape index (κ2) is 7.17. The summed E-state index contributed by atoms with van der Waals surface area (Å²) < 4.78 is 18.2. The van der Waals surface area contributed by atoms with Crippen LogP contribution in [0.25, 0.3) is 0 Å². The van der Waals surface area contributed by atoms with Crippen LogP contribution in [0.4, 0.5) is 4.39 Å². The number of thiazole rings is 1. The molecule has 2 aromatic rings. The maximum Gasteiger partial charge on any atom is 0.347 e. The summed E-state index contributed by atoms with van der Waals surface area (Å²) in [7, 11) is 0. The first kappa shape index (κ1) is 15.4. The number of hydrogen-bond acceptors (Lipinski definition) is 4. The summed E-state index contributed by atoms with van der Waals surface area (Å²) in [5, 5.41) is 9.89. The largest absolute Gasteiger partial charge is 0.493 e. The van der Waals surface area contributed by atoms with Crippen molar-refractivity contribution in [1.29, 1.82) is 0 Å². The summed E-state index contributed by atoms with van der Waals surface area (Å²) in [4.78, 5) is 15.8.